The van der Waals surface area contributed by atoms with Crippen molar-refractivity contribution >= 4 is 27.1 Å². The van der Waals surface area contributed by atoms with E-state index < -0.39 is 9.84 Å². The van der Waals surface area contributed by atoms with Crippen molar-refractivity contribution in [3.8, 4) is 10.6 Å². The Balaban J connectivity index is 1.58. The zero-order chi connectivity index (χ0) is 19.7. The number of nitrogens with zero attached hydrogens (tertiary/aromatic N) is 2. The molecule has 1 aromatic carbocycles. The first kappa shape index (κ1) is 18.9. The summed E-state index contributed by atoms with van der Waals surface area (Å²) in [4.78, 5) is 13.6. The molecule has 0 aliphatic carbocycles. The first-order valence-electron chi connectivity index (χ1n) is 9.09. The molecule has 0 spiro atoms. The maximum atomic E-state index is 12.7. The lowest BCUT2D eigenvalue weighted by atomic mass is 10.1. The highest BCUT2D eigenvalue weighted by Gasteiger charge is 2.32. The zero-order valence-corrected chi connectivity index (χ0v) is 17.1. The van der Waals surface area contributed by atoms with Crippen molar-refractivity contribution in [2.45, 2.75) is 25.9 Å². The maximum Gasteiger partial charge on any atom is 0.272 e. The van der Waals surface area contributed by atoms with E-state index in [1.54, 1.807) is 22.1 Å². The van der Waals surface area contributed by atoms with E-state index in [2.05, 4.69) is 10.4 Å². The molecule has 1 aliphatic heterocycles. The van der Waals surface area contributed by atoms with E-state index in [-0.39, 0.29) is 23.5 Å². The number of aryl methyl sites for hydroxylation is 1. The number of nitrogens with one attached hydrogen (secondary N) is 1. The number of carbonyl (C=O) groups is 1. The first-order chi connectivity index (χ1) is 13.4. The number of hydrogen-bond donors (Lipinski definition) is 1. The van der Waals surface area contributed by atoms with Crippen molar-refractivity contribution in [3.63, 3.8) is 0 Å². The summed E-state index contributed by atoms with van der Waals surface area (Å²) < 4.78 is 25.6. The zero-order valence-electron chi connectivity index (χ0n) is 15.5. The molecule has 1 N–H and O–H groups in total. The van der Waals surface area contributed by atoms with Crippen LogP contribution in [-0.2, 0) is 16.4 Å². The average Bonchev–Trinajstić information content (AvgIpc) is 3.39. The van der Waals surface area contributed by atoms with Crippen LogP contribution in [0.1, 0.15) is 34.1 Å². The largest absolute Gasteiger partial charge is 0.347 e. The second-order valence-electron chi connectivity index (χ2n) is 7.06. The van der Waals surface area contributed by atoms with Gasteiger partial charge in [0.05, 0.1) is 28.1 Å². The number of aromatic nitrogens is 2. The van der Waals surface area contributed by atoms with Crippen LogP contribution in [0, 0.1) is 6.92 Å². The molecule has 1 aliphatic rings. The Bertz CT molecular complexity index is 1080. The molecule has 1 atom stereocenters. The molecule has 0 bridgehead atoms. The van der Waals surface area contributed by atoms with Crippen molar-refractivity contribution in [2.24, 2.45) is 0 Å². The van der Waals surface area contributed by atoms with E-state index >= 15 is 0 Å². The van der Waals surface area contributed by atoms with Crippen molar-refractivity contribution in [3.05, 3.63) is 64.7 Å². The SMILES string of the molecule is Cc1ccc(CNC(=O)c2cc(-c3cccs3)n(C3CCS(=O)(=O)C3)n2)cc1. The minimum absolute atomic E-state index is 0.0669. The fourth-order valence-corrected chi connectivity index (χ4v) is 5.77. The molecule has 8 heteroatoms. The number of benzene rings is 1. The van der Waals surface area contributed by atoms with Gasteiger partial charge in [-0.25, -0.2) is 8.42 Å². The standard InChI is InChI=1S/C20H21N3O3S2/c1-14-4-6-15(7-5-14)12-21-20(24)17-11-18(19-3-2-9-27-19)23(22-17)16-8-10-28(25,26)13-16/h2-7,9,11,16H,8,10,12-13H2,1H3,(H,21,24). The molecule has 3 heterocycles. The van der Waals surface area contributed by atoms with Crippen LogP contribution in [0.3, 0.4) is 0 Å². The molecule has 1 unspecified atom stereocenters. The van der Waals surface area contributed by atoms with Gasteiger partial charge >= 0.3 is 0 Å². The third-order valence-corrected chi connectivity index (χ3v) is 7.51. The molecule has 2 aromatic heterocycles. The summed E-state index contributed by atoms with van der Waals surface area (Å²) in [5.41, 5.74) is 3.28. The summed E-state index contributed by atoms with van der Waals surface area (Å²) in [6.07, 6.45) is 0.521. The Morgan fingerprint density at radius 3 is 2.71 bits per heavy atom. The summed E-state index contributed by atoms with van der Waals surface area (Å²) in [5, 5.41) is 9.34. The van der Waals surface area contributed by atoms with E-state index in [0.29, 0.717) is 18.7 Å². The van der Waals surface area contributed by atoms with Gasteiger partial charge in [0.25, 0.3) is 5.91 Å². The first-order valence-corrected chi connectivity index (χ1v) is 11.8. The monoisotopic (exact) mass is 415 g/mol. The van der Waals surface area contributed by atoms with E-state index in [1.807, 2.05) is 48.7 Å². The number of amides is 1. The predicted octanol–water partition coefficient (Wildman–Crippen LogP) is 3.21. The summed E-state index contributed by atoms with van der Waals surface area (Å²) in [5.74, 6) is -0.0358. The Labute approximate surface area is 168 Å². The molecular weight excluding hydrogens is 394 g/mol. The molecule has 1 amide bonds. The van der Waals surface area contributed by atoms with Gasteiger partial charge in [0, 0.05) is 6.54 Å². The van der Waals surface area contributed by atoms with Gasteiger partial charge in [0.1, 0.15) is 0 Å². The Hall–Kier alpha value is -2.45. The lowest BCUT2D eigenvalue weighted by molar-refractivity contribution is 0.0945. The molecule has 3 aromatic rings. The second kappa shape index (κ2) is 7.52. The Kier molecular flexibility index (Phi) is 5.07. The van der Waals surface area contributed by atoms with Crippen LogP contribution in [0.25, 0.3) is 10.6 Å². The third kappa shape index (κ3) is 4.02. The van der Waals surface area contributed by atoms with E-state index in [4.69, 9.17) is 0 Å². The van der Waals surface area contributed by atoms with Gasteiger partial charge in [-0.1, -0.05) is 35.9 Å². The topological polar surface area (TPSA) is 81.1 Å². The van der Waals surface area contributed by atoms with Gasteiger partial charge in [-0.05, 0) is 36.4 Å². The maximum absolute atomic E-state index is 12.7. The van der Waals surface area contributed by atoms with E-state index in [9.17, 15) is 13.2 Å². The van der Waals surface area contributed by atoms with Crippen molar-refractivity contribution in [1.82, 2.24) is 15.1 Å². The lowest BCUT2D eigenvalue weighted by Crippen LogP contribution is -2.24. The highest BCUT2D eigenvalue weighted by atomic mass is 32.2. The normalized spacial score (nSPS) is 18.2. The lowest BCUT2D eigenvalue weighted by Gasteiger charge is -2.12. The van der Waals surface area contributed by atoms with E-state index in [0.717, 1.165) is 16.1 Å². The highest BCUT2D eigenvalue weighted by molar-refractivity contribution is 7.91. The van der Waals surface area contributed by atoms with Crippen molar-refractivity contribution in [1.29, 1.82) is 0 Å². The van der Waals surface area contributed by atoms with Gasteiger partial charge in [0.15, 0.2) is 15.5 Å². The van der Waals surface area contributed by atoms with Gasteiger partial charge in [-0.2, -0.15) is 5.10 Å². The van der Waals surface area contributed by atoms with Gasteiger partial charge < -0.3 is 5.32 Å². The molecule has 1 fully saturated rings. The average molecular weight is 416 g/mol. The second-order valence-corrected chi connectivity index (χ2v) is 10.2. The molecule has 146 valence electrons. The minimum Gasteiger partial charge on any atom is -0.347 e. The molecule has 28 heavy (non-hydrogen) atoms. The summed E-state index contributed by atoms with van der Waals surface area (Å²) >= 11 is 1.54. The summed E-state index contributed by atoms with van der Waals surface area (Å²) in [7, 11) is -3.05. The van der Waals surface area contributed by atoms with Crippen LogP contribution in [0.5, 0.6) is 0 Å². The molecule has 0 saturated carbocycles. The number of thiophene rings is 1. The van der Waals surface area contributed by atoms with Crippen molar-refractivity contribution < 1.29 is 13.2 Å². The molecule has 1 saturated heterocycles. The number of carbonyl (C=O) groups excluding carboxylic acids is 1. The van der Waals surface area contributed by atoms with Crippen molar-refractivity contribution in [2.75, 3.05) is 11.5 Å². The van der Waals surface area contributed by atoms with Crippen LogP contribution < -0.4 is 5.32 Å². The quantitative estimate of drug-likeness (QED) is 0.694. The smallest absolute Gasteiger partial charge is 0.272 e. The van der Waals surface area contributed by atoms with Crippen LogP contribution >= 0.6 is 11.3 Å². The Morgan fingerprint density at radius 1 is 1.29 bits per heavy atom. The van der Waals surface area contributed by atoms with Crippen LogP contribution in [-0.4, -0.2) is 35.6 Å². The van der Waals surface area contributed by atoms with Crippen LogP contribution in [0.2, 0.25) is 0 Å². The molecule has 0 radical (unpaired) electrons. The fraction of sp³-hybridized carbons (Fsp3) is 0.300. The molecule has 4 rings (SSSR count). The number of rotatable bonds is 5. The minimum atomic E-state index is -3.05. The molecule has 6 nitrogen and oxygen atoms in total. The van der Waals surface area contributed by atoms with Crippen LogP contribution in [0.15, 0.2) is 47.8 Å². The molecular formula is C20H21N3O3S2. The Morgan fingerprint density at radius 2 is 2.07 bits per heavy atom. The van der Waals surface area contributed by atoms with Gasteiger partial charge in [-0.15, -0.1) is 11.3 Å². The third-order valence-electron chi connectivity index (χ3n) is 4.87. The summed E-state index contributed by atoms with van der Waals surface area (Å²) in [6, 6.07) is 13.4. The number of hydrogen-bond acceptors (Lipinski definition) is 5. The predicted molar refractivity (Wildman–Crippen MR) is 110 cm³/mol. The highest BCUT2D eigenvalue weighted by Crippen LogP contribution is 2.32. The van der Waals surface area contributed by atoms with Crippen LogP contribution in [0.4, 0.5) is 0 Å². The van der Waals surface area contributed by atoms with E-state index in [1.165, 1.54) is 5.56 Å². The summed E-state index contributed by atoms with van der Waals surface area (Å²) in [6.45, 7) is 2.43. The van der Waals surface area contributed by atoms with Gasteiger partial charge in [-0.3, -0.25) is 9.48 Å². The number of sulfone groups is 1. The van der Waals surface area contributed by atoms with Gasteiger partial charge in [0.2, 0.25) is 0 Å². The fourth-order valence-electron chi connectivity index (χ4n) is 3.34.